The van der Waals surface area contributed by atoms with Crippen LogP contribution in [0.2, 0.25) is 0 Å². The molecule has 10 heteroatoms. The molecule has 3 aromatic rings. The summed E-state index contributed by atoms with van der Waals surface area (Å²) in [6, 6.07) is 4.12. The number of hydrogen-bond acceptors (Lipinski definition) is 4. The van der Waals surface area contributed by atoms with E-state index < -0.39 is 23.7 Å². The minimum absolute atomic E-state index is 0.206. The third-order valence-electron chi connectivity index (χ3n) is 4.54. The number of aromatic nitrogens is 2. The van der Waals surface area contributed by atoms with E-state index in [0.717, 1.165) is 18.6 Å². The maximum absolute atomic E-state index is 12.7. The smallest absolute Gasteiger partial charge is 0.354 e. The lowest BCUT2D eigenvalue weighted by Gasteiger charge is -2.22. The summed E-state index contributed by atoms with van der Waals surface area (Å²) in [5.74, 6) is -0.605. The summed E-state index contributed by atoms with van der Waals surface area (Å²) in [5.41, 5.74) is 0.569. The number of amides is 2. The van der Waals surface area contributed by atoms with E-state index in [1.54, 1.807) is 16.0 Å². The average molecular weight is 408 g/mol. The van der Waals surface area contributed by atoms with Gasteiger partial charge in [0.1, 0.15) is 11.7 Å². The van der Waals surface area contributed by atoms with Gasteiger partial charge in [0.25, 0.3) is 5.91 Å². The molecule has 1 aliphatic heterocycles. The van der Waals surface area contributed by atoms with Crippen molar-refractivity contribution < 1.29 is 22.8 Å². The first-order chi connectivity index (χ1) is 13.3. The number of fused-ring (bicyclic) bond motifs is 1. The van der Waals surface area contributed by atoms with Crippen LogP contribution < -0.4 is 10.6 Å². The highest BCUT2D eigenvalue weighted by Gasteiger charge is 2.30. The van der Waals surface area contributed by atoms with Crippen molar-refractivity contribution in [2.45, 2.75) is 25.1 Å². The number of imidazole rings is 1. The third kappa shape index (κ3) is 3.47. The molecule has 3 heterocycles. The number of alkyl halides is 3. The molecule has 6 nitrogen and oxygen atoms in total. The maximum atomic E-state index is 12.7. The van der Waals surface area contributed by atoms with Gasteiger partial charge >= 0.3 is 6.18 Å². The SMILES string of the molecule is O=C(N[C@@H]1CCCNC1=O)c1csc2nc(-c3ccc(C(F)(F)F)cc3)cn12. The molecule has 0 saturated carbocycles. The van der Waals surface area contributed by atoms with E-state index in [0.29, 0.717) is 34.9 Å². The van der Waals surface area contributed by atoms with Crippen molar-refractivity contribution in [3.05, 3.63) is 47.1 Å². The van der Waals surface area contributed by atoms with Crippen LogP contribution in [0.5, 0.6) is 0 Å². The first-order valence-electron chi connectivity index (χ1n) is 8.56. The number of halogens is 3. The molecule has 2 amide bonds. The Labute approximate surface area is 161 Å². The molecule has 0 aliphatic carbocycles. The average Bonchev–Trinajstić information content (AvgIpc) is 3.23. The quantitative estimate of drug-likeness (QED) is 0.699. The second-order valence-electron chi connectivity index (χ2n) is 6.43. The van der Waals surface area contributed by atoms with E-state index in [1.165, 1.54) is 23.5 Å². The highest BCUT2D eigenvalue weighted by molar-refractivity contribution is 7.15. The second-order valence-corrected chi connectivity index (χ2v) is 7.27. The molecule has 1 saturated heterocycles. The first kappa shape index (κ1) is 18.5. The molecule has 1 aliphatic rings. The first-order valence-corrected chi connectivity index (χ1v) is 9.44. The minimum atomic E-state index is -4.40. The highest BCUT2D eigenvalue weighted by atomic mass is 32.1. The standard InChI is InChI=1S/C18H15F3N4O2S/c19-18(20,21)11-5-3-10(4-6-11)13-8-25-14(9-28-17(25)24-13)16(27)23-12-2-1-7-22-15(12)26/h3-6,8-9,12H,1-2,7H2,(H,22,26)(H,23,27)/t12-/m1/s1. The fourth-order valence-electron chi connectivity index (χ4n) is 3.06. The second kappa shape index (κ2) is 6.93. The number of piperidine rings is 1. The Kier molecular flexibility index (Phi) is 4.58. The number of nitrogens with zero attached hydrogens (tertiary/aromatic N) is 2. The van der Waals surface area contributed by atoms with Gasteiger partial charge in [-0.05, 0) is 25.0 Å². The molecular weight excluding hydrogens is 393 g/mol. The summed E-state index contributed by atoms with van der Waals surface area (Å²) in [7, 11) is 0. The predicted octanol–water partition coefficient (Wildman–Crippen LogP) is 3.09. The van der Waals surface area contributed by atoms with Crippen LogP contribution in [0.3, 0.4) is 0 Å². The van der Waals surface area contributed by atoms with E-state index in [4.69, 9.17) is 0 Å². The van der Waals surface area contributed by atoms with Gasteiger partial charge in [0.2, 0.25) is 5.91 Å². The third-order valence-corrected chi connectivity index (χ3v) is 5.38. The monoisotopic (exact) mass is 408 g/mol. The van der Waals surface area contributed by atoms with E-state index in [-0.39, 0.29) is 5.91 Å². The topological polar surface area (TPSA) is 75.5 Å². The number of benzene rings is 1. The van der Waals surface area contributed by atoms with Gasteiger partial charge in [-0.2, -0.15) is 13.2 Å². The van der Waals surface area contributed by atoms with Crippen LogP contribution >= 0.6 is 11.3 Å². The van der Waals surface area contributed by atoms with Crippen LogP contribution in [0, 0.1) is 0 Å². The largest absolute Gasteiger partial charge is 0.416 e. The highest BCUT2D eigenvalue weighted by Crippen LogP contribution is 2.31. The van der Waals surface area contributed by atoms with Gasteiger partial charge in [0, 0.05) is 23.7 Å². The van der Waals surface area contributed by atoms with E-state index in [9.17, 15) is 22.8 Å². The lowest BCUT2D eigenvalue weighted by atomic mass is 10.1. The van der Waals surface area contributed by atoms with E-state index in [1.807, 2.05) is 0 Å². The van der Waals surface area contributed by atoms with Crippen LogP contribution in [0.15, 0.2) is 35.8 Å². The van der Waals surface area contributed by atoms with Crippen LogP contribution in [0.4, 0.5) is 13.2 Å². The van der Waals surface area contributed by atoms with Crippen molar-refractivity contribution in [1.82, 2.24) is 20.0 Å². The number of nitrogens with one attached hydrogen (secondary N) is 2. The maximum Gasteiger partial charge on any atom is 0.416 e. The molecule has 1 fully saturated rings. The molecule has 0 unspecified atom stereocenters. The number of carbonyl (C=O) groups is 2. The zero-order valence-corrected chi connectivity index (χ0v) is 15.2. The number of carbonyl (C=O) groups excluding carboxylic acids is 2. The molecule has 28 heavy (non-hydrogen) atoms. The Balaban J connectivity index is 1.58. The Bertz CT molecular complexity index is 1040. The number of rotatable bonds is 3. The van der Waals surface area contributed by atoms with Crippen LogP contribution in [-0.4, -0.2) is 33.8 Å². The molecule has 1 atom stereocenters. The fourth-order valence-corrected chi connectivity index (χ4v) is 3.91. The molecule has 146 valence electrons. The van der Waals surface area contributed by atoms with Crippen molar-refractivity contribution in [1.29, 1.82) is 0 Å². The molecule has 0 spiro atoms. The number of thiazole rings is 1. The van der Waals surface area contributed by atoms with Gasteiger partial charge in [-0.1, -0.05) is 12.1 Å². The Morgan fingerprint density at radius 1 is 1.29 bits per heavy atom. The zero-order valence-electron chi connectivity index (χ0n) is 14.4. The molecule has 2 aromatic heterocycles. The van der Waals surface area contributed by atoms with Crippen molar-refractivity contribution >= 4 is 28.1 Å². The van der Waals surface area contributed by atoms with Gasteiger partial charge in [-0.3, -0.25) is 14.0 Å². The Morgan fingerprint density at radius 2 is 2.04 bits per heavy atom. The molecule has 0 radical (unpaired) electrons. The predicted molar refractivity (Wildman–Crippen MR) is 97.0 cm³/mol. The lowest BCUT2D eigenvalue weighted by Crippen LogP contribution is -2.50. The summed E-state index contributed by atoms with van der Waals surface area (Å²) in [5, 5.41) is 7.06. The normalized spacial score (nSPS) is 17.5. The van der Waals surface area contributed by atoms with Crippen LogP contribution in [0.1, 0.15) is 28.9 Å². The van der Waals surface area contributed by atoms with Gasteiger partial charge in [-0.15, -0.1) is 11.3 Å². The van der Waals surface area contributed by atoms with Crippen molar-refractivity contribution in [2.24, 2.45) is 0 Å². The Morgan fingerprint density at radius 3 is 2.71 bits per heavy atom. The lowest BCUT2D eigenvalue weighted by molar-refractivity contribution is -0.137. The van der Waals surface area contributed by atoms with Gasteiger partial charge in [0.05, 0.1) is 11.3 Å². The summed E-state index contributed by atoms with van der Waals surface area (Å²) < 4.78 is 39.7. The minimum Gasteiger partial charge on any atom is -0.354 e. The summed E-state index contributed by atoms with van der Waals surface area (Å²) >= 11 is 1.24. The van der Waals surface area contributed by atoms with E-state index in [2.05, 4.69) is 15.6 Å². The van der Waals surface area contributed by atoms with Crippen molar-refractivity contribution in [3.8, 4) is 11.3 Å². The fraction of sp³-hybridized carbons (Fsp3) is 0.278. The summed E-state index contributed by atoms with van der Waals surface area (Å²) in [6.45, 7) is 0.603. The molecule has 2 N–H and O–H groups in total. The van der Waals surface area contributed by atoms with Crippen LogP contribution in [0.25, 0.3) is 16.2 Å². The van der Waals surface area contributed by atoms with Gasteiger partial charge in [0.15, 0.2) is 4.96 Å². The van der Waals surface area contributed by atoms with Gasteiger partial charge < -0.3 is 10.6 Å². The van der Waals surface area contributed by atoms with Crippen molar-refractivity contribution in [3.63, 3.8) is 0 Å². The molecule has 1 aromatic carbocycles. The molecular formula is C18H15F3N4O2S. The summed E-state index contributed by atoms with van der Waals surface area (Å²) in [4.78, 5) is 29.3. The number of hydrogen-bond donors (Lipinski definition) is 2. The van der Waals surface area contributed by atoms with Crippen molar-refractivity contribution in [2.75, 3.05) is 6.54 Å². The van der Waals surface area contributed by atoms with Gasteiger partial charge in [-0.25, -0.2) is 4.98 Å². The van der Waals surface area contributed by atoms with E-state index >= 15 is 0 Å². The van der Waals surface area contributed by atoms with Crippen LogP contribution in [-0.2, 0) is 11.0 Å². The zero-order chi connectivity index (χ0) is 19.9. The molecule has 0 bridgehead atoms. The summed E-state index contributed by atoms with van der Waals surface area (Å²) in [6.07, 6.45) is -1.43. The Hall–Kier alpha value is -2.88. The molecule has 4 rings (SSSR count).